The number of alkyl halides is 3. The van der Waals surface area contributed by atoms with E-state index in [0.717, 1.165) is 29.8 Å². The molecule has 1 aliphatic rings. The van der Waals surface area contributed by atoms with Gasteiger partial charge in [-0.2, -0.15) is 18.3 Å². The van der Waals surface area contributed by atoms with Crippen LogP contribution in [0.25, 0.3) is 5.69 Å². The molecule has 1 aromatic carbocycles. The van der Waals surface area contributed by atoms with Crippen molar-refractivity contribution in [1.82, 2.24) is 15.1 Å². The molecule has 5 nitrogen and oxygen atoms in total. The number of nitrogens with one attached hydrogen (secondary N) is 1. The molecule has 27 heavy (non-hydrogen) atoms. The van der Waals surface area contributed by atoms with Crippen molar-refractivity contribution >= 4 is 29.9 Å². The van der Waals surface area contributed by atoms with Crippen molar-refractivity contribution in [1.29, 1.82) is 0 Å². The second-order valence-electron chi connectivity index (χ2n) is 6.31. The van der Waals surface area contributed by atoms with Gasteiger partial charge in [-0.1, -0.05) is 11.6 Å². The molecule has 0 fully saturated rings. The van der Waals surface area contributed by atoms with Gasteiger partial charge in [-0.25, -0.2) is 4.68 Å². The zero-order valence-corrected chi connectivity index (χ0v) is 16.0. The largest absolute Gasteiger partial charge is 0.416 e. The minimum Gasteiger partial charge on any atom is -0.347 e. The molecule has 1 aromatic heterocycles. The smallest absolute Gasteiger partial charge is 0.347 e. The third-order valence-electron chi connectivity index (χ3n) is 4.38. The van der Waals surface area contributed by atoms with Gasteiger partial charge in [-0.15, -0.1) is 12.4 Å². The standard InChI is InChI=1S/C17H18ClF3N4O.ClH/c1-9(8-22)23-16(26)15-11-3-2-4-13(11)25(24-15)14-7-10(17(19,20)21)5-6-12(14)18;/h5-7,9H,2-4,8,22H2,1H3,(H,23,26);1H/t9-;/m0./s1. The van der Waals surface area contributed by atoms with Crippen LogP contribution in [0, 0.1) is 0 Å². The number of halogens is 5. The maximum Gasteiger partial charge on any atom is 0.416 e. The maximum atomic E-state index is 13.1. The molecule has 0 bridgehead atoms. The molecule has 1 heterocycles. The highest BCUT2D eigenvalue weighted by atomic mass is 35.5. The van der Waals surface area contributed by atoms with Crippen LogP contribution in [0.1, 0.15) is 40.7 Å². The summed E-state index contributed by atoms with van der Waals surface area (Å²) in [7, 11) is 0. The van der Waals surface area contributed by atoms with Crippen molar-refractivity contribution in [2.24, 2.45) is 5.73 Å². The Morgan fingerprint density at radius 1 is 1.41 bits per heavy atom. The number of fused-ring (bicyclic) bond motifs is 1. The molecule has 1 atom stereocenters. The third-order valence-corrected chi connectivity index (χ3v) is 4.70. The van der Waals surface area contributed by atoms with Crippen LogP contribution in [-0.4, -0.2) is 28.3 Å². The average molecular weight is 423 g/mol. The summed E-state index contributed by atoms with van der Waals surface area (Å²) < 4.78 is 40.5. The van der Waals surface area contributed by atoms with Gasteiger partial charge >= 0.3 is 6.18 Å². The van der Waals surface area contributed by atoms with Gasteiger partial charge in [0.1, 0.15) is 0 Å². The van der Waals surface area contributed by atoms with Gasteiger partial charge in [-0.05, 0) is 44.4 Å². The molecule has 3 N–H and O–H groups in total. The lowest BCUT2D eigenvalue weighted by Gasteiger charge is -2.12. The van der Waals surface area contributed by atoms with Gasteiger partial charge < -0.3 is 11.1 Å². The fourth-order valence-electron chi connectivity index (χ4n) is 3.02. The SMILES string of the molecule is C[C@@H](CN)NC(=O)c1nn(-c2cc(C(F)(F)F)ccc2Cl)c2c1CCC2.Cl. The predicted octanol–water partition coefficient (Wildman–Crippen LogP) is 3.53. The Morgan fingerprint density at radius 2 is 2.11 bits per heavy atom. The summed E-state index contributed by atoms with van der Waals surface area (Å²) in [5.41, 5.74) is 6.50. The monoisotopic (exact) mass is 422 g/mol. The molecule has 0 aliphatic heterocycles. The Hall–Kier alpha value is -1.77. The lowest BCUT2D eigenvalue weighted by Crippen LogP contribution is -2.38. The van der Waals surface area contributed by atoms with E-state index in [1.54, 1.807) is 6.92 Å². The summed E-state index contributed by atoms with van der Waals surface area (Å²) >= 11 is 6.13. The van der Waals surface area contributed by atoms with Crippen LogP contribution >= 0.6 is 24.0 Å². The van der Waals surface area contributed by atoms with Crippen LogP contribution in [0.5, 0.6) is 0 Å². The van der Waals surface area contributed by atoms with Gasteiger partial charge in [0.2, 0.25) is 0 Å². The molecule has 3 rings (SSSR count). The number of rotatable bonds is 4. The van der Waals surface area contributed by atoms with Gasteiger partial charge in [0.15, 0.2) is 5.69 Å². The number of hydrogen-bond donors (Lipinski definition) is 2. The Morgan fingerprint density at radius 3 is 2.74 bits per heavy atom. The van der Waals surface area contributed by atoms with E-state index in [9.17, 15) is 18.0 Å². The molecule has 0 unspecified atom stereocenters. The van der Waals surface area contributed by atoms with Crippen LogP contribution in [0.3, 0.4) is 0 Å². The zero-order valence-electron chi connectivity index (χ0n) is 14.4. The third kappa shape index (κ3) is 4.23. The summed E-state index contributed by atoms with van der Waals surface area (Å²) in [6, 6.07) is 2.84. The maximum absolute atomic E-state index is 13.1. The van der Waals surface area contributed by atoms with Crippen molar-refractivity contribution in [3.63, 3.8) is 0 Å². The first kappa shape index (κ1) is 21.5. The molecule has 10 heteroatoms. The molecule has 0 saturated heterocycles. The topological polar surface area (TPSA) is 72.9 Å². The highest BCUT2D eigenvalue weighted by molar-refractivity contribution is 6.32. The normalized spacial score (nSPS) is 14.4. The first-order valence-electron chi connectivity index (χ1n) is 8.21. The highest BCUT2D eigenvalue weighted by Crippen LogP contribution is 2.35. The lowest BCUT2D eigenvalue weighted by molar-refractivity contribution is -0.137. The number of aromatic nitrogens is 2. The number of benzene rings is 1. The summed E-state index contributed by atoms with van der Waals surface area (Å²) in [5.74, 6) is -0.386. The van der Waals surface area contributed by atoms with Crippen molar-refractivity contribution < 1.29 is 18.0 Å². The van der Waals surface area contributed by atoms with Gasteiger partial charge in [0.25, 0.3) is 5.91 Å². The van der Waals surface area contributed by atoms with Crippen molar-refractivity contribution in [2.75, 3.05) is 6.54 Å². The number of nitrogens with zero attached hydrogens (tertiary/aromatic N) is 2. The number of amides is 1. The van der Waals surface area contributed by atoms with Gasteiger partial charge in [-0.3, -0.25) is 4.79 Å². The first-order valence-corrected chi connectivity index (χ1v) is 8.59. The Bertz CT molecular complexity index is 851. The zero-order chi connectivity index (χ0) is 19.1. The fraction of sp³-hybridized carbons (Fsp3) is 0.412. The van der Waals surface area contributed by atoms with Gasteiger partial charge in [0, 0.05) is 23.8 Å². The molecule has 1 aliphatic carbocycles. The average Bonchev–Trinajstić information content (AvgIpc) is 3.16. The molecule has 148 valence electrons. The minimum absolute atomic E-state index is 0. The fourth-order valence-corrected chi connectivity index (χ4v) is 3.22. The summed E-state index contributed by atoms with van der Waals surface area (Å²) in [6.07, 6.45) is -2.43. The van der Waals surface area contributed by atoms with Crippen LogP contribution in [0.2, 0.25) is 5.02 Å². The van der Waals surface area contributed by atoms with E-state index in [2.05, 4.69) is 10.4 Å². The van der Waals surface area contributed by atoms with Crippen LogP contribution in [0.4, 0.5) is 13.2 Å². The van der Waals surface area contributed by atoms with Crippen LogP contribution < -0.4 is 11.1 Å². The Labute approximate surface area is 165 Å². The van der Waals surface area contributed by atoms with E-state index in [1.807, 2.05) is 0 Å². The number of carbonyl (C=O) groups excluding carboxylic acids is 1. The second-order valence-corrected chi connectivity index (χ2v) is 6.72. The molecular formula is C17H19Cl2F3N4O. The molecule has 0 radical (unpaired) electrons. The molecule has 0 spiro atoms. The van der Waals surface area contributed by atoms with E-state index < -0.39 is 11.7 Å². The van der Waals surface area contributed by atoms with Gasteiger partial charge in [0.05, 0.1) is 16.3 Å². The molecule has 2 aromatic rings. The molecule has 0 saturated carbocycles. The van der Waals surface area contributed by atoms with Crippen molar-refractivity contribution in [2.45, 2.75) is 38.4 Å². The first-order chi connectivity index (χ1) is 12.2. The van der Waals surface area contributed by atoms with Crippen molar-refractivity contribution in [3.8, 4) is 5.69 Å². The summed E-state index contributed by atoms with van der Waals surface area (Å²) in [4.78, 5) is 12.5. The summed E-state index contributed by atoms with van der Waals surface area (Å²) in [5, 5.41) is 7.16. The minimum atomic E-state index is -4.49. The second kappa shape index (κ2) is 8.08. The highest BCUT2D eigenvalue weighted by Gasteiger charge is 2.33. The number of hydrogen-bond acceptors (Lipinski definition) is 3. The van der Waals surface area contributed by atoms with E-state index in [0.29, 0.717) is 12.8 Å². The molecule has 1 amide bonds. The van der Waals surface area contributed by atoms with Crippen molar-refractivity contribution in [3.05, 3.63) is 45.7 Å². The Kier molecular flexibility index (Phi) is 6.44. The van der Waals surface area contributed by atoms with E-state index >= 15 is 0 Å². The van der Waals surface area contributed by atoms with E-state index in [1.165, 1.54) is 10.7 Å². The summed E-state index contributed by atoms with van der Waals surface area (Å²) in [6.45, 7) is 2.03. The quantitative estimate of drug-likeness (QED) is 0.791. The number of carbonyl (C=O) groups is 1. The van der Waals surface area contributed by atoms with Crippen LogP contribution in [-0.2, 0) is 19.0 Å². The number of nitrogens with two attached hydrogens (primary N) is 1. The van der Waals surface area contributed by atoms with E-state index in [4.69, 9.17) is 17.3 Å². The predicted molar refractivity (Wildman–Crippen MR) is 98.8 cm³/mol. The van der Waals surface area contributed by atoms with Crippen LogP contribution in [0.15, 0.2) is 18.2 Å². The molecular weight excluding hydrogens is 404 g/mol. The van der Waals surface area contributed by atoms with E-state index in [-0.39, 0.29) is 47.3 Å². The lowest BCUT2D eigenvalue weighted by atomic mass is 10.1. The Balaban J connectivity index is 0.00000261.